The maximum absolute atomic E-state index is 14.7. The van der Waals surface area contributed by atoms with Crippen molar-refractivity contribution in [3.63, 3.8) is 0 Å². The van der Waals surface area contributed by atoms with E-state index in [4.69, 9.17) is 38.8 Å². The maximum atomic E-state index is 14.7. The van der Waals surface area contributed by atoms with Crippen LogP contribution in [-0.2, 0) is 11.0 Å². The lowest BCUT2D eigenvalue weighted by molar-refractivity contribution is -0.137. The Hall–Kier alpha value is -4.48. The van der Waals surface area contributed by atoms with Crippen molar-refractivity contribution in [2.75, 3.05) is 15.5 Å². The Morgan fingerprint density at radius 3 is 2.20 bits per heavy atom. The summed E-state index contributed by atoms with van der Waals surface area (Å²) in [5.74, 6) is -4.35. The highest BCUT2D eigenvalue weighted by Gasteiger charge is 2.55. The highest BCUT2D eigenvalue weighted by atomic mass is 35.5. The number of aliphatic imine (C=N–C) groups is 1. The molecule has 0 saturated carbocycles. The van der Waals surface area contributed by atoms with Crippen molar-refractivity contribution in [2.24, 2.45) is 10.7 Å². The van der Waals surface area contributed by atoms with Gasteiger partial charge in [-0.05, 0) is 55.8 Å². The zero-order chi connectivity index (χ0) is 37.2. The largest absolute Gasteiger partial charge is 0.490 e. The van der Waals surface area contributed by atoms with E-state index in [2.05, 4.69) is 16.9 Å². The van der Waals surface area contributed by atoms with Gasteiger partial charge in [-0.25, -0.2) is 18.7 Å². The Labute approximate surface area is 280 Å². The minimum atomic E-state index is -5.32. The van der Waals surface area contributed by atoms with Crippen LogP contribution >= 0.6 is 11.6 Å². The van der Waals surface area contributed by atoms with Crippen LogP contribution in [0.4, 0.5) is 57.9 Å². The zero-order valence-electron chi connectivity index (χ0n) is 25.2. The molecule has 0 saturated heterocycles. The number of nitrogens with zero attached hydrogens (tertiary/aromatic N) is 3. The molecule has 3 aromatic carbocycles. The summed E-state index contributed by atoms with van der Waals surface area (Å²) >= 11 is 6.30. The second-order valence-electron chi connectivity index (χ2n) is 11.0. The lowest BCUT2D eigenvalue weighted by Gasteiger charge is -2.45. The maximum Gasteiger partial charge on any atom is 0.490 e. The molecule has 3 atom stereocenters. The second-order valence-corrected chi connectivity index (χ2v) is 11.4. The number of benzene rings is 3. The first-order chi connectivity index (χ1) is 22.3. The van der Waals surface area contributed by atoms with Gasteiger partial charge in [-0.15, -0.1) is 13.2 Å². The lowest BCUT2D eigenvalue weighted by Crippen LogP contribution is -2.64. The van der Waals surface area contributed by atoms with Crippen molar-refractivity contribution in [3.05, 3.63) is 93.3 Å². The minimum absolute atomic E-state index is 0.0899. The Morgan fingerprint density at radius 1 is 1.06 bits per heavy atom. The fraction of sp³-hybridized carbons (Fsp3) is 0.241. The predicted molar refractivity (Wildman–Crippen MR) is 167 cm³/mol. The van der Waals surface area contributed by atoms with Gasteiger partial charge in [0.1, 0.15) is 44.6 Å². The van der Waals surface area contributed by atoms with Gasteiger partial charge >= 0.3 is 12.5 Å². The summed E-state index contributed by atoms with van der Waals surface area (Å²) in [6.45, 7) is 5.19. The molecule has 4 rings (SSSR count). The number of carbonyl (C=O) groups excluding carboxylic acids is 1. The van der Waals surface area contributed by atoms with Crippen LogP contribution in [0, 0.1) is 18.6 Å². The third-order valence-corrected chi connectivity index (χ3v) is 7.98. The van der Waals surface area contributed by atoms with Gasteiger partial charge < -0.3 is 31.9 Å². The summed E-state index contributed by atoms with van der Waals surface area (Å²) in [5, 5.41) is 23.7. The molecule has 20 heteroatoms. The van der Waals surface area contributed by atoms with E-state index >= 15 is 0 Å². The van der Waals surface area contributed by atoms with Gasteiger partial charge in [-0.1, -0.05) is 18.2 Å². The molecule has 7 N–H and O–H groups in total. The molecule has 3 unspecified atom stereocenters. The van der Waals surface area contributed by atoms with Crippen LogP contribution < -0.4 is 26.6 Å². The Morgan fingerprint density at radius 2 is 1.67 bits per heavy atom. The van der Waals surface area contributed by atoms with Crippen LogP contribution in [0.5, 0.6) is 0 Å². The number of carbonyl (C=O) groups is 1. The van der Waals surface area contributed by atoms with Crippen molar-refractivity contribution in [3.8, 4) is 0 Å². The number of halogens is 9. The average Bonchev–Trinajstić information content (AvgIpc) is 3.26. The topological polar surface area (TPSA) is 140 Å². The summed E-state index contributed by atoms with van der Waals surface area (Å²) < 4.78 is 114. The summed E-state index contributed by atoms with van der Waals surface area (Å²) in [6.07, 6.45) is -10.4. The van der Waals surface area contributed by atoms with E-state index in [9.17, 15) is 50.1 Å². The SMILES string of the molecule is [B]C(C)(O)C([B])(O)N1C(=C)N(C(F)(F)F)c2c1cc(N=C(N)c1cc(F)cc(C(F)(F)F)c1N)c(C(NC=O)c1cc(F)ccc1Cl)c2C. The molecule has 1 heterocycles. The van der Waals surface area contributed by atoms with Crippen molar-refractivity contribution in [2.45, 2.75) is 43.5 Å². The molecule has 1 aliphatic rings. The molecule has 0 spiro atoms. The van der Waals surface area contributed by atoms with E-state index in [0.29, 0.717) is 11.0 Å². The zero-order valence-corrected chi connectivity index (χ0v) is 25.9. The van der Waals surface area contributed by atoms with Gasteiger partial charge in [0.15, 0.2) is 0 Å². The fourth-order valence-electron chi connectivity index (χ4n) is 5.33. The second kappa shape index (κ2) is 12.4. The van der Waals surface area contributed by atoms with Crippen molar-refractivity contribution < 1.29 is 50.1 Å². The summed E-state index contributed by atoms with van der Waals surface area (Å²) in [4.78, 5) is 15.9. The summed E-state index contributed by atoms with van der Waals surface area (Å²) in [6, 6.07) is 2.58. The van der Waals surface area contributed by atoms with E-state index in [-0.39, 0.29) is 28.0 Å². The molecule has 1 aliphatic heterocycles. The fourth-order valence-corrected chi connectivity index (χ4v) is 5.56. The Balaban J connectivity index is 2.21. The van der Waals surface area contributed by atoms with Crippen molar-refractivity contribution >= 4 is 62.3 Å². The number of amides is 1. The van der Waals surface area contributed by atoms with Gasteiger partial charge in [0.2, 0.25) is 6.41 Å². The Kier molecular flexibility index (Phi) is 9.48. The number of nitrogen functional groups attached to an aromatic ring is 1. The van der Waals surface area contributed by atoms with E-state index in [0.717, 1.165) is 38.1 Å². The van der Waals surface area contributed by atoms with Gasteiger partial charge in [0.25, 0.3) is 0 Å². The number of nitrogens with one attached hydrogen (secondary N) is 1. The number of rotatable bonds is 8. The normalized spacial score (nSPS) is 17.0. The van der Waals surface area contributed by atoms with E-state index < -0.39 is 97.9 Å². The first-order valence-electron chi connectivity index (χ1n) is 13.6. The molecule has 256 valence electrons. The Bertz CT molecular complexity index is 1880. The molecule has 9 nitrogen and oxygen atoms in total. The molecular weight excluding hydrogens is 689 g/mol. The van der Waals surface area contributed by atoms with E-state index in [1.165, 1.54) is 0 Å². The lowest BCUT2D eigenvalue weighted by atomic mass is 9.64. The molecule has 3 aromatic rings. The molecule has 0 aliphatic carbocycles. The first kappa shape index (κ1) is 37.3. The minimum Gasteiger partial charge on any atom is -0.398 e. The van der Waals surface area contributed by atoms with E-state index in [1.807, 2.05) is 0 Å². The third-order valence-electron chi connectivity index (χ3n) is 7.63. The number of amidine groups is 1. The highest BCUT2D eigenvalue weighted by molar-refractivity contribution is 6.31. The number of fused-ring (bicyclic) bond motifs is 1. The monoisotopic (exact) mass is 712 g/mol. The molecule has 4 radical (unpaired) electrons. The van der Waals surface area contributed by atoms with Gasteiger partial charge in [-0.3, -0.25) is 4.79 Å². The highest BCUT2D eigenvalue weighted by Crippen LogP contribution is 2.55. The molecule has 1 amide bonds. The van der Waals surface area contributed by atoms with Crippen molar-refractivity contribution in [1.82, 2.24) is 5.32 Å². The van der Waals surface area contributed by atoms with Crippen LogP contribution in [0.25, 0.3) is 0 Å². The van der Waals surface area contributed by atoms with Crippen LogP contribution in [0.1, 0.15) is 40.8 Å². The van der Waals surface area contributed by atoms with Crippen LogP contribution in [-0.4, -0.2) is 55.6 Å². The number of anilines is 3. The average molecular weight is 713 g/mol. The van der Waals surface area contributed by atoms with Crippen LogP contribution in [0.2, 0.25) is 5.02 Å². The summed E-state index contributed by atoms with van der Waals surface area (Å²) in [7, 11) is 11.5. The first-order valence-corrected chi connectivity index (χ1v) is 13.9. The third kappa shape index (κ3) is 6.61. The number of nitrogens with two attached hydrogens (primary N) is 2. The van der Waals surface area contributed by atoms with Gasteiger partial charge in [0.05, 0.1) is 39.9 Å². The van der Waals surface area contributed by atoms with Crippen LogP contribution in [0.15, 0.2) is 53.8 Å². The quantitative estimate of drug-likeness (QED) is 0.0434. The molecule has 0 fully saturated rings. The number of aliphatic hydroxyl groups is 2. The van der Waals surface area contributed by atoms with E-state index in [1.54, 1.807) is 0 Å². The van der Waals surface area contributed by atoms with Gasteiger partial charge in [-0.2, -0.15) is 13.2 Å². The smallest absolute Gasteiger partial charge is 0.398 e. The number of hydrogen-bond donors (Lipinski definition) is 5. The summed E-state index contributed by atoms with van der Waals surface area (Å²) in [5.41, 5.74) is -1.02. The molecule has 0 aromatic heterocycles. The standard InChI is InChI=1S/C29H23B2ClF8N6O3/c1-11-21(23(43-10-47)15-6-13(33)4-5-18(15)32)19(44-25(42)16-7-14(34)8-17(22(16)41)27(35,36)37)9-20-24(11)46(29(38,39)40)12(2)45(20)28(31,49)26(3,30)48/h4-10,23,48-49H,2,41H2,1,3H3,(H2,42,44)(H,43,47). The predicted octanol–water partition coefficient (Wildman–Crippen LogP) is 4.71. The van der Waals surface area contributed by atoms with Crippen molar-refractivity contribution in [1.29, 1.82) is 0 Å². The van der Waals surface area contributed by atoms with Crippen LogP contribution in [0.3, 0.4) is 0 Å². The number of hydrogen-bond acceptors (Lipinski definition) is 7. The molecule has 0 bridgehead atoms. The van der Waals surface area contributed by atoms with Gasteiger partial charge in [0, 0.05) is 21.7 Å². The molecule has 49 heavy (non-hydrogen) atoms. The number of alkyl halides is 6. The molecular formula is C29H23B2ClF8N6O3.